The Kier molecular flexibility index (Phi) is 4.77. The molecule has 1 saturated heterocycles. The van der Waals surface area contributed by atoms with Crippen molar-refractivity contribution in [3.05, 3.63) is 16.3 Å². The molecular weight excluding hydrogens is 392 g/mol. The Hall–Kier alpha value is -2.42. The molecule has 0 spiro atoms. The second-order valence-corrected chi connectivity index (χ2v) is 9.23. The summed E-state index contributed by atoms with van der Waals surface area (Å²) in [5.74, 6) is 0.656. The quantitative estimate of drug-likeness (QED) is 0.729. The maximum atomic E-state index is 12.9. The number of fused-ring (bicyclic) bond motifs is 1. The summed E-state index contributed by atoms with van der Waals surface area (Å²) < 4.78 is 5.61. The fourth-order valence-corrected chi connectivity index (χ4v) is 5.61. The van der Waals surface area contributed by atoms with Crippen LogP contribution in [0.4, 0.5) is 9.80 Å². The highest BCUT2D eigenvalue weighted by Gasteiger charge is 2.36. The highest BCUT2D eigenvalue weighted by atomic mass is 32.1. The van der Waals surface area contributed by atoms with E-state index in [2.05, 4.69) is 15.5 Å². The van der Waals surface area contributed by atoms with Gasteiger partial charge in [-0.2, -0.15) is 4.98 Å². The van der Waals surface area contributed by atoms with E-state index in [1.807, 2.05) is 0 Å². The van der Waals surface area contributed by atoms with E-state index in [4.69, 9.17) is 4.52 Å². The molecule has 0 bridgehead atoms. The number of amides is 2. The van der Waals surface area contributed by atoms with Crippen LogP contribution in [0.3, 0.4) is 0 Å². The smallest absolute Gasteiger partial charge is 0.326 e. The molecule has 154 valence electrons. The Morgan fingerprint density at radius 3 is 2.76 bits per heavy atom. The van der Waals surface area contributed by atoms with Gasteiger partial charge in [0.2, 0.25) is 0 Å². The van der Waals surface area contributed by atoms with Crippen LogP contribution in [0, 0.1) is 0 Å². The van der Waals surface area contributed by atoms with Crippen molar-refractivity contribution in [3.63, 3.8) is 0 Å². The standard InChI is InChI=1S/C20H24N4O4S/c25-19(26)13-6-4-10-24(13)20(27)22-18-15(12-5-2-1-3-7-14(12)29-18)17-21-16(23-28-17)11-8-9-11/h11,13H,1-10H2,(H,22,27)(H,25,26)/t13-/m1/s1. The molecule has 1 aliphatic heterocycles. The van der Waals surface area contributed by atoms with Crippen molar-refractivity contribution >= 4 is 28.3 Å². The topological polar surface area (TPSA) is 109 Å². The molecule has 3 aliphatic rings. The monoisotopic (exact) mass is 416 g/mol. The number of carboxylic acid groups (broad SMARTS) is 1. The van der Waals surface area contributed by atoms with Gasteiger partial charge >= 0.3 is 12.0 Å². The Morgan fingerprint density at radius 1 is 1.14 bits per heavy atom. The molecule has 2 N–H and O–H groups in total. The fraction of sp³-hybridized carbons (Fsp3) is 0.600. The van der Waals surface area contributed by atoms with Gasteiger partial charge in [0.25, 0.3) is 5.89 Å². The van der Waals surface area contributed by atoms with Crippen molar-refractivity contribution in [1.29, 1.82) is 0 Å². The number of likely N-dealkylation sites (tertiary alicyclic amines) is 1. The summed E-state index contributed by atoms with van der Waals surface area (Å²) in [4.78, 5) is 31.7. The third-order valence-electron chi connectivity index (χ3n) is 6.04. The molecule has 3 heterocycles. The van der Waals surface area contributed by atoms with E-state index in [1.54, 1.807) is 11.3 Å². The first-order chi connectivity index (χ1) is 14.1. The van der Waals surface area contributed by atoms with Crippen molar-refractivity contribution < 1.29 is 19.2 Å². The van der Waals surface area contributed by atoms with E-state index < -0.39 is 12.0 Å². The molecule has 8 nitrogen and oxygen atoms in total. The minimum Gasteiger partial charge on any atom is -0.480 e. The first-order valence-electron chi connectivity index (χ1n) is 10.4. The summed E-state index contributed by atoms with van der Waals surface area (Å²) >= 11 is 1.57. The predicted molar refractivity (Wildman–Crippen MR) is 107 cm³/mol. The average Bonchev–Trinajstić information content (AvgIpc) is 3.16. The van der Waals surface area contributed by atoms with Crippen LogP contribution in [0.5, 0.6) is 0 Å². The molecule has 2 aromatic rings. The molecule has 5 rings (SSSR count). The molecule has 29 heavy (non-hydrogen) atoms. The van der Waals surface area contributed by atoms with Gasteiger partial charge in [-0.1, -0.05) is 11.6 Å². The second-order valence-electron chi connectivity index (χ2n) is 8.12. The zero-order valence-electron chi connectivity index (χ0n) is 16.1. The van der Waals surface area contributed by atoms with Crippen molar-refractivity contribution in [3.8, 4) is 11.5 Å². The van der Waals surface area contributed by atoms with Gasteiger partial charge in [0.15, 0.2) is 5.82 Å². The van der Waals surface area contributed by atoms with E-state index in [-0.39, 0.29) is 6.03 Å². The lowest BCUT2D eigenvalue weighted by Crippen LogP contribution is -2.42. The van der Waals surface area contributed by atoms with Gasteiger partial charge in [-0.25, -0.2) is 9.59 Å². The van der Waals surface area contributed by atoms with Crippen LogP contribution in [-0.4, -0.2) is 44.7 Å². The summed E-state index contributed by atoms with van der Waals surface area (Å²) in [7, 11) is 0. The predicted octanol–water partition coefficient (Wildman–Crippen LogP) is 4.03. The molecule has 2 amide bonds. The number of urea groups is 1. The largest absolute Gasteiger partial charge is 0.480 e. The number of nitrogens with one attached hydrogen (secondary N) is 1. The van der Waals surface area contributed by atoms with Crippen molar-refractivity contribution in [1.82, 2.24) is 15.0 Å². The van der Waals surface area contributed by atoms with Crippen LogP contribution in [0.2, 0.25) is 0 Å². The SMILES string of the molecule is O=C(O)[C@H]1CCCN1C(=O)Nc1sc2c(c1-c1nc(C3CC3)no1)CCCCC2. The zero-order chi connectivity index (χ0) is 20.0. The van der Waals surface area contributed by atoms with Crippen molar-refractivity contribution in [2.75, 3.05) is 11.9 Å². The molecule has 2 aromatic heterocycles. The number of aliphatic carboxylic acids is 1. The lowest BCUT2D eigenvalue weighted by molar-refractivity contribution is -0.141. The van der Waals surface area contributed by atoms with Gasteiger partial charge in [-0.15, -0.1) is 11.3 Å². The number of nitrogens with zero attached hydrogens (tertiary/aromatic N) is 3. The Bertz CT molecular complexity index is 948. The number of thiophene rings is 1. The number of carbonyl (C=O) groups is 2. The average molecular weight is 417 g/mol. The summed E-state index contributed by atoms with van der Waals surface area (Å²) in [5, 5.41) is 17.2. The van der Waals surface area contributed by atoms with E-state index in [0.29, 0.717) is 36.2 Å². The van der Waals surface area contributed by atoms with Gasteiger partial charge in [0.1, 0.15) is 11.0 Å². The number of hydrogen-bond acceptors (Lipinski definition) is 6. The zero-order valence-corrected chi connectivity index (χ0v) is 17.0. The fourth-order valence-electron chi connectivity index (χ4n) is 4.34. The second kappa shape index (κ2) is 7.44. The van der Waals surface area contributed by atoms with Gasteiger partial charge in [0.05, 0.1) is 5.56 Å². The molecule has 9 heteroatoms. The Balaban J connectivity index is 1.48. The van der Waals surface area contributed by atoms with Crippen molar-refractivity contribution in [2.45, 2.75) is 69.7 Å². The van der Waals surface area contributed by atoms with Crippen LogP contribution in [0.25, 0.3) is 11.5 Å². The highest BCUT2D eigenvalue weighted by molar-refractivity contribution is 7.17. The number of carbonyl (C=O) groups excluding carboxylic acids is 1. The van der Waals surface area contributed by atoms with Crippen LogP contribution in [0.15, 0.2) is 4.52 Å². The van der Waals surface area contributed by atoms with Gasteiger partial charge in [-0.05, 0) is 56.9 Å². The summed E-state index contributed by atoms with van der Waals surface area (Å²) in [6.45, 7) is 0.454. The van der Waals surface area contributed by atoms with Crippen LogP contribution >= 0.6 is 11.3 Å². The van der Waals surface area contributed by atoms with Crippen molar-refractivity contribution in [2.24, 2.45) is 0 Å². The highest BCUT2D eigenvalue weighted by Crippen LogP contribution is 2.45. The molecule has 0 radical (unpaired) electrons. The normalized spacial score (nSPS) is 21.7. The third kappa shape index (κ3) is 3.52. The van der Waals surface area contributed by atoms with E-state index in [1.165, 1.54) is 21.8 Å². The number of anilines is 1. The van der Waals surface area contributed by atoms with Crippen LogP contribution in [-0.2, 0) is 17.6 Å². The lowest BCUT2D eigenvalue weighted by atomic mass is 10.1. The van der Waals surface area contributed by atoms with E-state index in [9.17, 15) is 14.7 Å². The molecule has 2 aliphatic carbocycles. The first kappa shape index (κ1) is 18.6. The molecule has 0 unspecified atom stereocenters. The molecule has 2 fully saturated rings. The molecule has 1 atom stereocenters. The lowest BCUT2D eigenvalue weighted by Gasteiger charge is -2.21. The number of hydrogen-bond donors (Lipinski definition) is 2. The summed E-state index contributed by atoms with van der Waals surface area (Å²) in [5.41, 5.74) is 2.04. The van der Waals surface area contributed by atoms with E-state index in [0.717, 1.165) is 49.9 Å². The van der Waals surface area contributed by atoms with Gasteiger partial charge in [-0.3, -0.25) is 5.32 Å². The molecule has 1 saturated carbocycles. The minimum atomic E-state index is -0.953. The third-order valence-corrected chi connectivity index (χ3v) is 7.25. The minimum absolute atomic E-state index is 0.366. The summed E-state index contributed by atoms with van der Waals surface area (Å²) in [6, 6.07) is -1.13. The number of aryl methyl sites for hydroxylation is 1. The Morgan fingerprint density at radius 2 is 1.97 bits per heavy atom. The maximum Gasteiger partial charge on any atom is 0.326 e. The summed E-state index contributed by atoms with van der Waals surface area (Å²) in [6.07, 6.45) is 8.70. The van der Waals surface area contributed by atoms with Gasteiger partial charge < -0.3 is 14.5 Å². The van der Waals surface area contributed by atoms with Crippen LogP contribution < -0.4 is 5.32 Å². The van der Waals surface area contributed by atoms with Crippen LogP contribution in [0.1, 0.15) is 67.1 Å². The van der Waals surface area contributed by atoms with Gasteiger partial charge in [0, 0.05) is 17.3 Å². The number of aromatic nitrogens is 2. The molecular formula is C20H24N4O4S. The number of carboxylic acids is 1. The maximum absolute atomic E-state index is 12.9. The molecule has 0 aromatic carbocycles. The Labute approximate surface area is 172 Å². The number of rotatable bonds is 4. The first-order valence-corrected chi connectivity index (χ1v) is 11.2. The van der Waals surface area contributed by atoms with E-state index >= 15 is 0 Å².